The van der Waals surface area contributed by atoms with E-state index in [0.717, 1.165) is 16.1 Å². The quantitative estimate of drug-likeness (QED) is 0.644. The molecule has 2 amide bonds. The summed E-state index contributed by atoms with van der Waals surface area (Å²) in [5.74, 6) is 0. The molecule has 0 spiro atoms. The van der Waals surface area contributed by atoms with Gasteiger partial charge in [-0.15, -0.1) is 11.3 Å². The van der Waals surface area contributed by atoms with Crippen LogP contribution >= 0.6 is 11.3 Å². The summed E-state index contributed by atoms with van der Waals surface area (Å²) in [6.45, 7) is 0.546. The number of benzene rings is 1. The monoisotopic (exact) mass is 342 g/mol. The van der Waals surface area contributed by atoms with Crippen LogP contribution in [0.4, 0.5) is 4.79 Å². The average Bonchev–Trinajstić information content (AvgIpc) is 3.31. The maximum Gasteiger partial charge on any atom is 0.315 e. The highest BCUT2D eigenvalue weighted by Gasteiger charge is 2.11. The van der Waals surface area contributed by atoms with Gasteiger partial charge in [0.15, 0.2) is 0 Å². The number of nitrogens with zero attached hydrogens (tertiary/aromatic N) is 2. The molecule has 1 aromatic carbocycles. The highest BCUT2D eigenvalue weighted by Crippen LogP contribution is 2.17. The van der Waals surface area contributed by atoms with Crippen molar-refractivity contribution in [2.75, 3.05) is 6.54 Å². The van der Waals surface area contributed by atoms with Crippen molar-refractivity contribution < 1.29 is 9.90 Å². The van der Waals surface area contributed by atoms with Crippen LogP contribution in [-0.4, -0.2) is 27.5 Å². The zero-order chi connectivity index (χ0) is 16.8. The molecule has 24 heavy (non-hydrogen) atoms. The van der Waals surface area contributed by atoms with Gasteiger partial charge >= 0.3 is 6.03 Å². The van der Waals surface area contributed by atoms with Crippen LogP contribution < -0.4 is 10.6 Å². The van der Waals surface area contributed by atoms with Gasteiger partial charge in [-0.1, -0.05) is 24.3 Å². The third-order valence-corrected chi connectivity index (χ3v) is 4.48. The number of rotatable bonds is 6. The number of carbonyl (C=O) groups excluding carboxylic acids is 1. The van der Waals surface area contributed by atoms with Crippen LogP contribution in [0.5, 0.6) is 0 Å². The number of amides is 2. The summed E-state index contributed by atoms with van der Waals surface area (Å²) < 4.78 is 1.76. The first-order chi connectivity index (χ1) is 11.7. The second-order valence-electron chi connectivity index (χ2n) is 5.17. The lowest BCUT2D eigenvalue weighted by atomic mass is 10.2. The van der Waals surface area contributed by atoms with Crippen molar-refractivity contribution >= 4 is 17.4 Å². The van der Waals surface area contributed by atoms with Crippen molar-refractivity contribution in [1.82, 2.24) is 20.4 Å². The van der Waals surface area contributed by atoms with Gasteiger partial charge in [0.1, 0.15) is 6.10 Å². The molecule has 0 saturated heterocycles. The first-order valence-electron chi connectivity index (χ1n) is 7.55. The minimum atomic E-state index is -0.688. The smallest absolute Gasteiger partial charge is 0.315 e. The molecule has 0 aliphatic rings. The Morgan fingerprint density at radius 3 is 2.83 bits per heavy atom. The van der Waals surface area contributed by atoms with Gasteiger partial charge in [0.25, 0.3) is 0 Å². The van der Waals surface area contributed by atoms with Gasteiger partial charge < -0.3 is 15.7 Å². The van der Waals surface area contributed by atoms with E-state index in [-0.39, 0.29) is 12.6 Å². The number of thiophene rings is 1. The fourth-order valence-corrected chi connectivity index (χ4v) is 3.02. The second kappa shape index (κ2) is 7.76. The number of aliphatic hydroxyl groups excluding tert-OH is 1. The Hall–Kier alpha value is -2.64. The molecule has 0 aliphatic heterocycles. The molecule has 3 N–H and O–H groups in total. The second-order valence-corrected chi connectivity index (χ2v) is 6.15. The largest absolute Gasteiger partial charge is 0.386 e. The molecule has 0 bridgehead atoms. The summed E-state index contributed by atoms with van der Waals surface area (Å²) in [7, 11) is 0. The molecule has 2 aromatic heterocycles. The van der Waals surface area contributed by atoms with Crippen LogP contribution in [0.3, 0.4) is 0 Å². The standard InChI is InChI=1S/C17H18N4O2S/c22-15(16-7-3-10-24-16)12-19-17(23)18-11-13-5-1-2-6-14(13)21-9-4-8-20-21/h1-10,15,22H,11-12H2,(H2,18,19,23). The molecule has 1 unspecified atom stereocenters. The van der Waals surface area contributed by atoms with Crippen LogP contribution in [0.1, 0.15) is 16.5 Å². The summed E-state index contributed by atoms with van der Waals surface area (Å²) >= 11 is 1.46. The topological polar surface area (TPSA) is 79.2 Å². The third kappa shape index (κ3) is 4.01. The molecule has 0 fully saturated rings. The van der Waals surface area contributed by atoms with Gasteiger partial charge in [0.05, 0.1) is 12.2 Å². The van der Waals surface area contributed by atoms with Crippen LogP contribution in [0.15, 0.2) is 60.2 Å². The number of urea groups is 1. The number of nitrogens with one attached hydrogen (secondary N) is 2. The fraction of sp³-hybridized carbons (Fsp3) is 0.176. The van der Waals surface area contributed by atoms with Crippen molar-refractivity contribution in [2.24, 2.45) is 0 Å². The maximum absolute atomic E-state index is 11.9. The predicted molar refractivity (Wildman–Crippen MR) is 93.1 cm³/mol. The molecule has 0 saturated carbocycles. The van der Waals surface area contributed by atoms with E-state index >= 15 is 0 Å². The predicted octanol–water partition coefficient (Wildman–Crippen LogP) is 2.47. The Bertz CT molecular complexity index is 772. The van der Waals surface area contributed by atoms with Gasteiger partial charge in [-0.3, -0.25) is 0 Å². The lowest BCUT2D eigenvalue weighted by Crippen LogP contribution is -2.37. The van der Waals surface area contributed by atoms with E-state index in [1.807, 2.05) is 54.0 Å². The molecule has 3 rings (SSSR count). The average molecular weight is 342 g/mol. The van der Waals surface area contributed by atoms with E-state index in [1.54, 1.807) is 10.9 Å². The fourth-order valence-electron chi connectivity index (χ4n) is 2.30. The minimum absolute atomic E-state index is 0.174. The highest BCUT2D eigenvalue weighted by atomic mass is 32.1. The number of carbonyl (C=O) groups is 1. The van der Waals surface area contributed by atoms with Gasteiger partial charge in [-0.25, -0.2) is 9.48 Å². The maximum atomic E-state index is 11.9. The van der Waals surface area contributed by atoms with E-state index < -0.39 is 6.10 Å². The van der Waals surface area contributed by atoms with E-state index in [0.29, 0.717) is 6.54 Å². The van der Waals surface area contributed by atoms with Gasteiger partial charge in [0.2, 0.25) is 0 Å². The molecular weight excluding hydrogens is 324 g/mol. The molecule has 2 heterocycles. The lowest BCUT2D eigenvalue weighted by molar-refractivity contribution is 0.176. The Morgan fingerprint density at radius 2 is 2.08 bits per heavy atom. The molecule has 7 heteroatoms. The van der Waals surface area contributed by atoms with Crippen molar-refractivity contribution in [2.45, 2.75) is 12.6 Å². The van der Waals surface area contributed by atoms with Crippen molar-refractivity contribution in [3.8, 4) is 5.69 Å². The van der Waals surface area contributed by atoms with Crippen LogP contribution in [0.2, 0.25) is 0 Å². The first kappa shape index (κ1) is 16.2. The summed E-state index contributed by atoms with van der Waals surface area (Å²) in [5, 5.41) is 21.6. The van der Waals surface area contributed by atoms with Crippen LogP contribution in [-0.2, 0) is 6.54 Å². The van der Waals surface area contributed by atoms with Gasteiger partial charge in [0, 0.05) is 23.8 Å². The van der Waals surface area contributed by atoms with Crippen molar-refractivity contribution in [3.63, 3.8) is 0 Å². The van der Waals surface area contributed by atoms with Gasteiger partial charge in [-0.2, -0.15) is 5.10 Å². The van der Waals surface area contributed by atoms with Crippen LogP contribution in [0.25, 0.3) is 5.69 Å². The molecule has 0 radical (unpaired) electrons. The van der Waals surface area contributed by atoms with E-state index in [1.165, 1.54) is 11.3 Å². The summed E-state index contributed by atoms with van der Waals surface area (Å²) in [6.07, 6.45) is 2.88. The van der Waals surface area contributed by atoms with Crippen LogP contribution in [0, 0.1) is 0 Å². The number of hydrogen-bond donors (Lipinski definition) is 3. The SMILES string of the molecule is O=C(NCc1ccccc1-n1cccn1)NCC(O)c1cccs1. The summed E-state index contributed by atoms with van der Waals surface area (Å²) in [4.78, 5) is 12.8. The molecule has 1 atom stereocenters. The van der Waals surface area contributed by atoms with Crippen molar-refractivity contribution in [3.05, 3.63) is 70.7 Å². The van der Waals surface area contributed by atoms with Crippen molar-refractivity contribution in [1.29, 1.82) is 0 Å². The number of aromatic nitrogens is 2. The Labute approximate surface area is 143 Å². The lowest BCUT2D eigenvalue weighted by Gasteiger charge is -2.13. The summed E-state index contributed by atoms with van der Waals surface area (Å²) in [6, 6.07) is 13.0. The molecule has 124 valence electrons. The Balaban J connectivity index is 1.53. The molecule has 0 aliphatic carbocycles. The minimum Gasteiger partial charge on any atom is -0.386 e. The van der Waals surface area contributed by atoms with Gasteiger partial charge in [-0.05, 0) is 29.1 Å². The number of para-hydroxylation sites is 1. The summed E-state index contributed by atoms with van der Waals surface area (Å²) in [5.41, 5.74) is 1.87. The molecule has 3 aromatic rings. The van der Waals surface area contributed by atoms with E-state index in [2.05, 4.69) is 15.7 Å². The third-order valence-electron chi connectivity index (χ3n) is 3.51. The highest BCUT2D eigenvalue weighted by molar-refractivity contribution is 7.10. The molecule has 6 nitrogen and oxygen atoms in total. The number of aliphatic hydroxyl groups is 1. The zero-order valence-corrected chi connectivity index (χ0v) is 13.7. The Morgan fingerprint density at radius 1 is 1.21 bits per heavy atom. The first-order valence-corrected chi connectivity index (χ1v) is 8.43. The van der Waals surface area contributed by atoms with E-state index in [9.17, 15) is 9.90 Å². The normalized spacial score (nSPS) is 11.9. The number of hydrogen-bond acceptors (Lipinski definition) is 4. The van der Waals surface area contributed by atoms with E-state index in [4.69, 9.17) is 0 Å². The zero-order valence-electron chi connectivity index (χ0n) is 12.9. The Kier molecular flexibility index (Phi) is 5.25. The molecular formula is C17H18N4O2S.